The number of para-hydroxylation sites is 1. The second-order valence-electron chi connectivity index (χ2n) is 7.28. The van der Waals surface area contributed by atoms with Crippen LogP contribution in [0.25, 0.3) is 10.9 Å². The maximum Gasteiger partial charge on any atom is 0.311 e. The molecular formula is C23H25N3O4. The van der Waals surface area contributed by atoms with Crippen molar-refractivity contribution < 1.29 is 19.1 Å². The smallest absolute Gasteiger partial charge is 0.311 e. The van der Waals surface area contributed by atoms with Gasteiger partial charge in [0.05, 0.1) is 13.0 Å². The zero-order valence-corrected chi connectivity index (χ0v) is 17.3. The number of nitrogens with zero attached hydrogens (tertiary/aromatic N) is 1. The number of aromatic amines is 1. The van der Waals surface area contributed by atoms with Gasteiger partial charge in [-0.25, -0.2) is 0 Å². The van der Waals surface area contributed by atoms with E-state index in [1.807, 2.05) is 43.3 Å². The van der Waals surface area contributed by atoms with Crippen LogP contribution in [0, 0.1) is 6.92 Å². The lowest BCUT2D eigenvalue weighted by atomic mass is 10.1. The molecule has 1 heterocycles. The van der Waals surface area contributed by atoms with Gasteiger partial charge in [0.25, 0.3) is 5.91 Å². The van der Waals surface area contributed by atoms with Crippen molar-refractivity contribution in [3.05, 3.63) is 65.9 Å². The summed E-state index contributed by atoms with van der Waals surface area (Å²) in [5.41, 5.74) is 3.48. The van der Waals surface area contributed by atoms with Gasteiger partial charge < -0.3 is 19.9 Å². The number of hydrogen-bond acceptors (Lipinski definition) is 4. The number of anilines is 1. The van der Waals surface area contributed by atoms with Crippen molar-refractivity contribution in [2.24, 2.45) is 0 Å². The fourth-order valence-electron chi connectivity index (χ4n) is 3.16. The summed E-state index contributed by atoms with van der Waals surface area (Å²) in [4.78, 5) is 41.3. The molecule has 3 aromatic rings. The van der Waals surface area contributed by atoms with Gasteiger partial charge >= 0.3 is 5.97 Å². The topological polar surface area (TPSA) is 91.5 Å². The highest BCUT2D eigenvalue weighted by Gasteiger charge is 2.23. The highest BCUT2D eigenvalue weighted by atomic mass is 16.5. The minimum absolute atomic E-state index is 0.0548. The second kappa shape index (κ2) is 9.26. The van der Waals surface area contributed by atoms with Crippen LogP contribution in [-0.4, -0.2) is 47.4 Å². The number of nitrogens with one attached hydrogen (secondary N) is 2. The van der Waals surface area contributed by atoms with Gasteiger partial charge in [-0.15, -0.1) is 0 Å². The Bertz CT molecular complexity index is 1060. The summed E-state index contributed by atoms with van der Waals surface area (Å²) in [6.07, 6.45) is 0.832. The largest absolute Gasteiger partial charge is 0.452 e. The molecule has 2 amide bonds. The maximum atomic E-state index is 12.5. The van der Waals surface area contributed by atoms with Crippen molar-refractivity contribution in [1.82, 2.24) is 9.88 Å². The average Bonchev–Trinajstić information content (AvgIpc) is 3.11. The van der Waals surface area contributed by atoms with Crippen LogP contribution in [0.4, 0.5) is 5.69 Å². The number of ether oxygens (including phenoxy) is 1. The Morgan fingerprint density at radius 2 is 1.80 bits per heavy atom. The van der Waals surface area contributed by atoms with Crippen molar-refractivity contribution in [1.29, 1.82) is 0 Å². The van der Waals surface area contributed by atoms with E-state index in [-0.39, 0.29) is 18.9 Å². The number of rotatable bonds is 7. The van der Waals surface area contributed by atoms with Crippen LogP contribution >= 0.6 is 0 Å². The molecule has 2 N–H and O–H groups in total. The summed E-state index contributed by atoms with van der Waals surface area (Å²) in [5.74, 6) is -1.27. The number of benzene rings is 2. The van der Waals surface area contributed by atoms with E-state index in [0.29, 0.717) is 5.69 Å². The van der Waals surface area contributed by atoms with E-state index in [1.54, 1.807) is 18.3 Å². The highest BCUT2D eigenvalue weighted by Crippen LogP contribution is 2.18. The van der Waals surface area contributed by atoms with E-state index in [4.69, 9.17) is 4.74 Å². The summed E-state index contributed by atoms with van der Waals surface area (Å²) in [7, 11) is 1.50. The van der Waals surface area contributed by atoms with E-state index in [2.05, 4.69) is 10.3 Å². The number of likely N-dealkylation sites (N-methyl/N-ethyl adjacent to an activating group) is 1. The van der Waals surface area contributed by atoms with Crippen LogP contribution in [-0.2, 0) is 25.5 Å². The van der Waals surface area contributed by atoms with Crippen molar-refractivity contribution >= 4 is 34.4 Å². The zero-order chi connectivity index (χ0) is 21.7. The van der Waals surface area contributed by atoms with Gasteiger partial charge in [-0.3, -0.25) is 14.4 Å². The number of esters is 1. The third-order valence-corrected chi connectivity index (χ3v) is 4.76. The van der Waals surface area contributed by atoms with Crippen LogP contribution in [0.1, 0.15) is 18.1 Å². The van der Waals surface area contributed by atoms with Crippen molar-refractivity contribution in [2.75, 3.05) is 18.9 Å². The molecule has 0 aliphatic heterocycles. The third-order valence-electron chi connectivity index (χ3n) is 4.76. The minimum Gasteiger partial charge on any atom is -0.452 e. The number of fused-ring (bicyclic) bond motifs is 1. The van der Waals surface area contributed by atoms with Crippen LogP contribution in [0.5, 0.6) is 0 Å². The molecule has 0 bridgehead atoms. The number of carbonyl (C=O) groups is 3. The number of hydrogen-bond donors (Lipinski definition) is 2. The molecule has 7 heteroatoms. The third kappa shape index (κ3) is 5.26. The van der Waals surface area contributed by atoms with Gasteiger partial charge in [0, 0.05) is 29.8 Å². The molecule has 2 aromatic carbocycles. The Hall–Kier alpha value is -3.61. The molecule has 1 aromatic heterocycles. The Labute approximate surface area is 175 Å². The number of carbonyl (C=O) groups excluding carboxylic acids is 3. The van der Waals surface area contributed by atoms with Gasteiger partial charge in [-0.2, -0.15) is 0 Å². The van der Waals surface area contributed by atoms with Gasteiger partial charge in [0.15, 0.2) is 6.10 Å². The van der Waals surface area contributed by atoms with Gasteiger partial charge in [-0.1, -0.05) is 35.9 Å². The van der Waals surface area contributed by atoms with E-state index >= 15 is 0 Å². The standard InChI is InChI=1S/C23H25N3O4/c1-15-8-10-18(11-9-15)25-21(27)14-26(3)23(29)16(2)30-22(28)12-17-13-24-20-7-5-4-6-19(17)20/h4-11,13,16,24H,12,14H2,1-3H3,(H,25,27)/t16-/m1/s1. The highest BCUT2D eigenvalue weighted by molar-refractivity contribution is 5.95. The number of aryl methyl sites for hydroxylation is 1. The summed E-state index contributed by atoms with van der Waals surface area (Å²) in [6.45, 7) is 3.32. The molecule has 0 spiro atoms. The Balaban J connectivity index is 1.50. The first-order valence-corrected chi connectivity index (χ1v) is 9.69. The Morgan fingerprint density at radius 1 is 1.10 bits per heavy atom. The van der Waals surface area contributed by atoms with Crippen LogP contribution in [0.2, 0.25) is 0 Å². The molecule has 0 aliphatic rings. The normalized spacial score (nSPS) is 11.7. The predicted molar refractivity (Wildman–Crippen MR) is 115 cm³/mol. The summed E-state index contributed by atoms with van der Waals surface area (Å²) >= 11 is 0. The second-order valence-corrected chi connectivity index (χ2v) is 7.28. The Morgan fingerprint density at radius 3 is 2.53 bits per heavy atom. The predicted octanol–water partition coefficient (Wildman–Crippen LogP) is 3.05. The molecule has 0 radical (unpaired) electrons. The first kappa shape index (κ1) is 21.1. The molecule has 0 saturated carbocycles. The lowest BCUT2D eigenvalue weighted by Crippen LogP contribution is -2.41. The van der Waals surface area contributed by atoms with E-state index < -0.39 is 18.0 Å². The summed E-state index contributed by atoms with van der Waals surface area (Å²) < 4.78 is 5.29. The first-order valence-electron chi connectivity index (χ1n) is 9.69. The molecule has 7 nitrogen and oxygen atoms in total. The lowest BCUT2D eigenvalue weighted by molar-refractivity contribution is -0.158. The van der Waals surface area contributed by atoms with E-state index in [0.717, 1.165) is 22.0 Å². The lowest BCUT2D eigenvalue weighted by Gasteiger charge is -2.21. The summed E-state index contributed by atoms with van der Waals surface area (Å²) in [6, 6.07) is 15.0. The molecule has 1 atom stereocenters. The number of H-pyrrole nitrogens is 1. The molecular weight excluding hydrogens is 382 g/mol. The SMILES string of the molecule is Cc1ccc(NC(=O)CN(C)C(=O)[C@@H](C)OC(=O)Cc2c[nH]c3ccccc23)cc1. The monoisotopic (exact) mass is 407 g/mol. The molecule has 0 fully saturated rings. The molecule has 0 aliphatic carbocycles. The molecule has 30 heavy (non-hydrogen) atoms. The fourth-order valence-corrected chi connectivity index (χ4v) is 3.16. The number of aromatic nitrogens is 1. The quantitative estimate of drug-likeness (QED) is 0.589. The van der Waals surface area contributed by atoms with Crippen molar-refractivity contribution in [3.8, 4) is 0 Å². The molecule has 3 rings (SSSR count). The van der Waals surface area contributed by atoms with Gasteiger partial charge in [0.1, 0.15) is 0 Å². The van der Waals surface area contributed by atoms with Crippen molar-refractivity contribution in [3.63, 3.8) is 0 Å². The molecule has 156 valence electrons. The van der Waals surface area contributed by atoms with Crippen LogP contribution < -0.4 is 5.32 Å². The first-order chi connectivity index (χ1) is 14.3. The van der Waals surface area contributed by atoms with Crippen LogP contribution in [0.15, 0.2) is 54.7 Å². The molecule has 0 unspecified atom stereocenters. The molecule has 0 saturated heterocycles. The summed E-state index contributed by atoms with van der Waals surface area (Å²) in [5, 5.41) is 3.68. The fraction of sp³-hybridized carbons (Fsp3) is 0.261. The zero-order valence-electron chi connectivity index (χ0n) is 17.3. The van der Waals surface area contributed by atoms with Gasteiger partial charge in [-0.05, 0) is 37.6 Å². The Kier molecular flexibility index (Phi) is 6.51. The van der Waals surface area contributed by atoms with Gasteiger partial charge in [0.2, 0.25) is 5.91 Å². The average molecular weight is 407 g/mol. The minimum atomic E-state index is -0.986. The van der Waals surface area contributed by atoms with E-state index in [1.165, 1.54) is 18.9 Å². The maximum absolute atomic E-state index is 12.5. The van der Waals surface area contributed by atoms with Crippen molar-refractivity contribution in [2.45, 2.75) is 26.4 Å². The van der Waals surface area contributed by atoms with E-state index in [9.17, 15) is 14.4 Å². The van der Waals surface area contributed by atoms with Crippen LogP contribution in [0.3, 0.4) is 0 Å². The number of amides is 2.